The van der Waals surface area contributed by atoms with Crippen LogP contribution in [0.1, 0.15) is 11.1 Å². The standard InChI is InChI=1S/C19H18O8/c1-8-14(21)9(2)17-13(15(8)22)16(23)18(25-4)19(27-17)26-10-5-6-11(20)12(7-10)24-3/h5-7,20-22H,1-4H3. The van der Waals surface area contributed by atoms with Crippen molar-refractivity contribution >= 4 is 11.0 Å². The number of hydrogen-bond donors (Lipinski definition) is 3. The Balaban J connectivity index is 2.26. The van der Waals surface area contributed by atoms with Crippen LogP contribution >= 0.6 is 0 Å². The highest BCUT2D eigenvalue weighted by molar-refractivity contribution is 5.91. The summed E-state index contributed by atoms with van der Waals surface area (Å²) < 4.78 is 21.4. The third-order valence-electron chi connectivity index (χ3n) is 4.25. The molecule has 0 bridgehead atoms. The van der Waals surface area contributed by atoms with Crippen LogP contribution in [-0.2, 0) is 0 Å². The molecule has 0 atom stereocenters. The molecule has 3 rings (SSSR count). The Morgan fingerprint density at radius 3 is 2.30 bits per heavy atom. The van der Waals surface area contributed by atoms with Gasteiger partial charge in [-0.2, -0.15) is 0 Å². The molecule has 142 valence electrons. The second-order valence-corrected chi connectivity index (χ2v) is 5.84. The van der Waals surface area contributed by atoms with E-state index < -0.39 is 11.2 Å². The van der Waals surface area contributed by atoms with Gasteiger partial charge in [0.2, 0.25) is 11.2 Å². The molecule has 3 N–H and O–H groups in total. The molecule has 1 heterocycles. The molecule has 0 fully saturated rings. The minimum atomic E-state index is -0.650. The van der Waals surface area contributed by atoms with E-state index in [2.05, 4.69) is 0 Å². The highest BCUT2D eigenvalue weighted by Gasteiger charge is 2.24. The zero-order chi connectivity index (χ0) is 19.9. The van der Waals surface area contributed by atoms with Crippen LogP contribution in [0.15, 0.2) is 27.4 Å². The summed E-state index contributed by atoms with van der Waals surface area (Å²) >= 11 is 0. The monoisotopic (exact) mass is 374 g/mol. The van der Waals surface area contributed by atoms with E-state index in [1.807, 2.05) is 0 Å². The Labute approximate surface area is 153 Å². The molecule has 8 heteroatoms. The summed E-state index contributed by atoms with van der Waals surface area (Å²) in [5.74, 6) is -0.815. The third-order valence-corrected chi connectivity index (χ3v) is 4.25. The molecule has 3 aromatic rings. The summed E-state index contributed by atoms with van der Waals surface area (Å²) in [6.45, 7) is 3.03. The first kappa shape index (κ1) is 18.2. The number of rotatable bonds is 4. The van der Waals surface area contributed by atoms with E-state index in [9.17, 15) is 20.1 Å². The van der Waals surface area contributed by atoms with E-state index in [0.717, 1.165) is 0 Å². The van der Waals surface area contributed by atoms with Crippen molar-refractivity contribution in [2.24, 2.45) is 0 Å². The Hall–Kier alpha value is -3.55. The van der Waals surface area contributed by atoms with Gasteiger partial charge in [0.1, 0.15) is 22.6 Å². The largest absolute Gasteiger partial charge is 0.507 e. The van der Waals surface area contributed by atoms with Crippen molar-refractivity contribution in [3.05, 3.63) is 39.5 Å². The van der Waals surface area contributed by atoms with Gasteiger partial charge < -0.3 is 33.9 Å². The molecular weight excluding hydrogens is 356 g/mol. The quantitative estimate of drug-likeness (QED) is 0.636. The van der Waals surface area contributed by atoms with Gasteiger partial charge in [0.25, 0.3) is 0 Å². The minimum Gasteiger partial charge on any atom is -0.507 e. The maximum absolute atomic E-state index is 12.8. The fourth-order valence-corrected chi connectivity index (χ4v) is 2.74. The molecule has 0 amide bonds. The molecule has 1 aromatic heterocycles. The number of fused-ring (bicyclic) bond motifs is 1. The lowest BCUT2D eigenvalue weighted by Gasteiger charge is -2.14. The van der Waals surface area contributed by atoms with Crippen LogP contribution in [0.25, 0.3) is 11.0 Å². The average Bonchev–Trinajstić information content (AvgIpc) is 2.66. The number of aryl methyl sites for hydroxylation is 1. The number of ether oxygens (including phenoxy) is 3. The molecular formula is C19H18O8. The van der Waals surface area contributed by atoms with Crippen molar-refractivity contribution in [1.29, 1.82) is 0 Å². The number of phenols is 3. The lowest BCUT2D eigenvalue weighted by atomic mass is 10.0. The number of aromatic hydroxyl groups is 3. The van der Waals surface area contributed by atoms with E-state index >= 15 is 0 Å². The highest BCUT2D eigenvalue weighted by Crippen LogP contribution is 2.42. The van der Waals surface area contributed by atoms with Crippen molar-refractivity contribution in [1.82, 2.24) is 0 Å². The van der Waals surface area contributed by atoms with Crippen molar-refractivity contribution in [2.45, 2.75) is 13.8 Å². The van der Waals surface area contributed by atoms with Crippen LogP contribution in [0.4, 0.5) is 0 Å². The van der Waals surface area contributed by atoms with Gasteiger partial charge in [0.05, 0.1) is 14.2 Å². The van der Waals surface area contributed by atoms with Gasteiger partial charge in [-0.25, -0.2) is 0 Å². The van der Waals surface area contributed by atoms with Gasteiger partial charge in [-0.05, 0) is 26.0 Å². The van der Waals surface area contributed by atoms with E-state index in [-0.39, 0.29) is 56.8 Å². The zero-order valence-electron chi connectivity index (χ0n) is 15.1. The first-order chi connectivity index (χ1) is 12.8. The maximum Gasteiger partial charge on any atom is 0.338 e. The fraction of sp³-hybridized carbons (Fsp3) is 0.211. The first-order valence-corrected chi connectivity index (χ1v) is 7.90. The summed E-state index contributed by atoms with van der Waals surface area (Å²) in [5.41, 5.74) is -0.246. The number of methoxy groups -OCH3 is 2. The van der Waals surface area contributed by atoms with Crippen molar-refractivity contribution < 1.29 is 33.9 Å². The summed E-state index contributed by atoms with van der Waals surface area (Å²) in [5, 5.41) is 30.0. The van der Waals surface area contributed by atoms with E-state index in [1.165, 1.54) is 39.3 Å². The molecule has 0 aliphatic heterocycles. The molecule has 0 unspecified atom stereocenters. The number of phenolic OH excluding ortho intramolecular Hbond substituents is 3. The first-order valence-electron chi connectivity index (χ1n) is 7.90. The van der Waals surface area contributed by atoms with Gasteiger partial charge in [-0.15, -0.1) is 0 Å². The van der Waals surface area contributed by atoms with Crippen LogP contribution in [0.2, 0.25) is 0 Å². The van der Waals surface area contributed by atoms with Gasteiger partial charge >= 0.3 is 5.95 Å². The zero-order valence-corrected chi connectivity index (χ0v) is 15.1. The Kier molecular flexibility index (Phi) is 4.49. The summed E-state index contributed by atoms with van der Waals surface area (Å²) in [6.07, 6.45) is 0. The molecule has 0 aliphatic carbocycles. The Morgan fingerprint density at radius 2 is 1.67 bits per heavy atom. The second kappa shape index (κ2) is 6.64. The second-order valence-electron chi connectivity index (χ2n) is 5.84. The SMILES string of the molecule is COc1cc(Oc2oc3c(C)c(O)c(C)c(O)c3c(=O)c2OC)ccc1O. The van der Waals surface area contributed by atoms with E-state index in [4.69, 9.17) is 18.6 Å². The van der Waals surface area contributed by atoms with Crippen molar-refractivity contribution in [3.63, 3.8) is 0 Å². The third kappa shape index (κ3) is 2.84. The van der Waals surface area contributed by atoms with E-state index in [1.54, 1.807) is 6.92 Å². The summed E-state index contributed by atoms with van der Waals surface area (Å²) in [4.78, 5) is 12.8. The fourth-order valence-electron chi connectivity index (χ4n) is 2.74. The van der Waals surface area contributed by atoms with E-state index in [0.29, 0.717) is 0 Å². The number of hydrogen-bond acceptors (Lipinski definition) is 8. The minimum absolute atomic E-state index is 0.0258. The predicted octanol–water partition coefficient (Wildman–Crippen LogP) is 3.34. The molecule has 0 saturated carbocycles. The Bertz CT molecular complexity index is 1100. The Morgan fingerprint density at radius 1 is 0.963 bits per heavy atom. The van der Waals surface area contributed by atoms with Crippen LogP contribution in [-0.4, -0.2) is 29.5 Å². The van der Waals surface area contributed by atoms with Gasteiger partial charge in [-0.1, -0.05) is 0 Å². The van der Waals surface area contributed by atoms with Crippen LogP contribution in [0, 0.1) is 13.8 Å². The maximum atomic E-state index is 12.8. The molecule has 8 nitrogen and oxygen atoms in total. The highest BCUT2D eigenvalue weighted by atomic mass is 16.6. The molecule has 0 aliphatic rings. The molecule has 0 spiro atoms. The summed E-state index contributed by atoms with van der Waals surface area (Å²) in [7, 11) is 2.65. The van der Waals surface area contributed by atoms with Crippen molar-refractivity contribution in [2.75, 3.05) is 14.2 Å². The lowest BCUT2D eigenvalue weighted by Crippen LogP contribution is -2.09. The molecule has 27 heavy (non-hydrogen) atoms. The lowest BCUT2D eigenvalue weighted by molar-refractivity contribution is 0.302. The van der Waals surface area contributed by atoms with Gasteiger partial charge in [0, 0.05) is 17.2 Å². The van der Waals surface area contributed by atoms with Crippen LogP contribution < -0.4 is 19.6 Å². The molecule has 0 saturated heterocycles. The molecule has 0 radical (unpaired) electrons. The smallest absolute Gasteiger partial charge is 0.338 e. The van der Waals surface area contributed by atoms with Gasteiger partial charge in [-0.3, -0.25) is 4.79 Å². The topological polar surface area (TPSA) is 119 Å². The number of benzene rings is 2. The normalized spacial score (nSPS) is 10.8. The van der Waals surface area contributed by atoms with Gasteiger partial charge in [0.15, 0.2) is 17.1 Å². The average molecular weight is 374 g/mol. The van der Waals surface area contributed by atoms with Crippen molar-refractivity contribution in [3.8, 4) is 40.4 Å². The van der Waals surface area contributed by atoms with Crippen LogP contribution in [0.5, 0.6) is 40.4 Å². The summed E-state index contributed by atoms with van der Waals surface area (Å²) in [6, 6.07) is 4.19. The molecule has 2 aromatic carbocycles. The predicted molar refractivity (Wildman–Crippen MR) is 96.6 cm³/mol. The van der Waals surface area contributed by atoms with Crippen LogP contribution in [0.3, 0.4) is 0 Å².